The number of methoxy groups -OCH3 is 2. The van der Waals surface area contributed by atoms with Crippen LogP contribution in [0, 0.1) is 0 Å². The van der Waals surface area contributed by atoms with E-state index in [9.17, 15) is 13.2 Å². The van der Waals surface area contributed by atoms with Gasteiger partial charge in [0.2, 0.25) is 0 Å². The average Bonchev–Trinajstić information content (AvgIpc) is 2.71. The van der Waals surface area contributed by atoms with Crippen LogP contribution in [0.5, 0.6) is 17.2 Å². The van der Waals surface area contributed by atoms with E-state index in [1.54, 1.807) is 31.2 Å². The molecular weight excluding hydrogens is 410 g/mol. The van der Waals surface area contributed by atoms with Crippen molar-refractivity contribution in [2.24, 2.45) is 0 Å². The Hall–Kier alpha value is -2.94. The molecule has 0 amide bonds. The zero-order valence-corrected chi connectivity index (χ0v) is 18.6. The van der Waals surface area contributed by atoms with Crippen LogP contribution in [0.3, 0.4) is 0 Å². The second-order valence-corrected chi connectivity index (χ2v) is 8.36. The molecule has 2 aromatic carbocycles. The van der Waals surface area contributed by atoms with Crippen molar-refractivity contribution >= 4 is 21.7 Å². The lowest BCUT2D eigenvalue weighted by atomic mass is 10.3. The Bertz CT molecular complexity index is 956. The Morgan fingerprint density at radius 3 is 2.17 bits per heavy atom. The fourth-order valence-corrected chi connectivity index (χ4v) is 4.13. The van der Waals surface area contributed by atoms with Crippen LogP contribution in [0.15, 0.2) is 47.4 Å². The first-order valence-electron chi connectivity index (χ1n) is 9.40. The van der Waals surface area contributed by atoms with E-state index in [0.29, 0.717) is 17.2 Å². The molecule has 0 aliphatic carbocycles. The molecule has 30 heavy (non-hydrogen) atoms. The maximum Gasteiger partial charge on any atom is 0.326 e. The molecule has 0 aliphatic rings. The minimum Gasteiger partial charge on any atom is -0.493 e. The van der Waals surface area contributed by atoms with Crippen LogP contribution < -0.4 is 18.5 Å². The standard InChI is InChI=1S/C21H27NO7S/c1-6-28-21(23)14-22(16-7-9-17(10-8-16)29-15(2)3)30(24,25)18-11-12-19(26-4)20(13-18)27-5/h7-13,15H,6,14H2,1-5H3. The summed E-state index contributed by atoms with van der Waals surface area (Å²) < 4.78 is 48.7. The maximum absolute atomic E-state index is 13.4. The number of benzene rings is 2. The fourth-order valence-electron chi connectivity index (χ4n) is 2.71. The first kappa shape index (κ1) is 23.3. The largest absolute Gasteiger partial charge is 0.493 e. The molecule has 0 aliphatic heterocycles. The van der Waals surface area contributed by atoms with Crippen molar-refractivity contribution in [3.63, 3.8) is 0 Å². The van der Waals surface area contributed by atoms with Crippen molar-refractivity contribution in [1.29, 1.82) is 0 Å². The van der Waals surface area contributed by atoms with Gasteiger partial charge in [0.1, 0.15) is 12.3 Å². The van der Waals surface area contributed by atoms with Crippen LogP contribution in [-0.2, 0) is 19.6 Å². The lowest BCUT2D eigenvalue weighted by Gasteiger charge is -2.24. The summed E-state index contributed by atoms with van der Waals surface area (Å²) in [7, 11) is -1.23. The van der Waals surface area contributed by atoms with E-state index in [-0.39, 0.29) is 23.4 Å². The van der Waals surface area contributed by atoms with Gasteiger partial charge in [0.25, 0.3) is 10.0 Å². The lowest BCUT2D eigenvalue weighted by molar-refractivity contribution is -0.141. The van der Waals surface area contributed by atoms with E-state index in [1.165, 1.54) is 32.4 Å². The molecule has 2 rings (SSSR count). The molecule has 0 fully saturated rings. The lowest BCUT2D eigenvalue weighted by Crippen LogP contribution is -2.36. The van der Waals surface area contributed by atoms with Crippen molar-refractivity contribution < 1.29 is 32.2 Å². The molecule has 0 heterocycles. The van der Waals surface area contributed by atoms with Crippen molar-refractivity contribution in [2.75, 3.05) is 31.7 Å². The summed E-state index contributed by atoms with van der Waals surface area (Å²) in [5.41, 5.74) is 0.300. The van der Waals surface area contributed by atoms with Crippen molar-refractivity contribution in [2.45, 2.75) is 31.8 Å². The molecule has 0 unspecified atom stereocenters. The second-order valence-electron chi connectivity index (χ2n) is 6.49. The quantitative estimate of drug-likeness (QED) is 0.527. The van der Waals surface area contributed by atoms with E-state index in [0.717, 1.165) is 4.31 Å². The third-order valence-corrected chi connectivity index (χ3v) is 5.79. The highest BCUT2D eigenvalue weighted by Crippen LogP contribution is 2.32. The molecule has 0 saturated carbocycles. The smallest absolute Gasteiger partial charge is 0.326 e. The summed E-state index contributed by atoms with van der Waals surface area (Å²) in [4.78, 5) is 12.1. The molecule has 9 heteroatoms. The van der Waals surface area contributed by atoms with Crippen LogP contribution in [0.1, 0.15) is 20.8 Å². The van der Waals surface area contributed by atoms with Crippen molar-refractivity contribution in [3.8, 4) is 17.2 Å². The van der Waals surface area contributed by atoms with Gasteiger partial charge < -0.3 is 18.9 Å². The zero-order valence-electron chi connectivity index (χ0n) is 17.7. The molecule has 0 atom stereocenters. The highest BCUT2D eigenvalue weighted by molar-refractivity contribution is 7.92. The summed E-state index contributed by atoms with van der Waals surface area (Å²) in [5.74, 6) is 0.580. The number of carbonyl (C=O) groups is 1. The van der Waals surface area contributed by atoms with Gasteiger partial charge in [0.15, 0.2) is 11.5 Å². The Morgan fingerprint density at radius 2 is 1.63 bits per heavy atom. The number of carbonyl (C=O) groups excluding carboxylic acids is 1. The third kappa shape index (κ3) is 5.56. The number of ether oxygens (including phenoxy) is 4. The Balaban J connectivity index is 2.49. The topological polar surface area (TPSA) is 91.4 Å². The molecule has 164 valence electrons. The normalized spacial score (nSPS) is 11.1. The van der Waals surface area contributed by atoms with Gasteiger partial charge in [-0.1, -0.05) is 0 Å². The first-order valence-corrected chi connectivity index (χ1v) is 10.8. The summed E-state index contributed by atoms with van der Waals surface area (Å²) in [6.45, 7) is 5.10. The molecule has 0 saturated heterocycles. The summed E-state index contributed by atoms with van der Waals surface area (Å²) in [6.07, 6.45) is -0.0259. The second kappa shape index (κ2) is 10.2. The van der Waals surface area contributed by atoms with Gasteiger partial charge in [-0.05, 0) is 57.2 Å². The van der Waals surface area contributed by atoms with Gasteiger partial charge in [-0.25, -0.2) is 8.42 Å². The zero-order chi connectivity index (χ0) is 22.3. The van der Waals surface area contributed by atoms with Crippen LogP contribution in [-0.4, -0.2) is 47.9 Å². The Kier molecular flexibility index (Phi) is 7.93. The summed E-state index contributed by atoms with van der Waals surface area (Å²) in [6, 6.07) is 10.7. The molecular formula is C21H27NO7S. The number of nitrogens with zero attached hydrogens (tertiary/aromatic N) is 1. The van der Waals surface area contributed by atoms with E-state index in [1.807, 2.05) is 13.8 Å². The van der Waals surface area contributed by atoms with E-state index in [2.05, 4.69) is 0 Å². The minimum atomic E-state index is -4.10. The first-order chi connectivity index (χ1) is 14.2. The van der Waals surface area contributed by atoms with Crippen molar-refractivity contribution in [1.82, 2.24) is 0 Å². The Labute approximate surface area is 177 Å². The van der Waals surface area contributed by atoms with Gasteiger partial charge in [-0.2, -0.15) is 0 Å². The van der Waals surface area contributed by atoms with Crippen LogP contribution >= 0.6 is 0 Å². The van der Waals surface area contributed by atoms with Gasteiger partial charge in [0, 0.05) is 6.07 Å². The van der Waals surface area contributed by atoms with Crippen molar-refractivity contribution in [3.05, 3.63) is 42.5 Å². The number of rotatable bonds is 10. The highest BCUT2D eigenvalue weighted by atomic mass is 32.2. The average molecular weight is 438 g/mol. The number of hydrogen-bond acceptors (Lipinski definition) is 7. The third-order valence-electron chi connectivity index (χ3n) is 4.02. The minimum absolute atomic E-state index is 0.0259. The van der Waals surface area contributed by atoms with E-state index >= 15 is 0 Å². The summed E-state index contributed by atoms with van der Waals surface area (Å²) >= 11 is 0. The van der Waals surface area contributed by atoms with Gasteiger partial charge in [-0.3, -0.25) is 9.10 Å². The molecule has 0 radical (unpaired) electrons. The molecule has 2 aromatic rings. The number of sulfonamides is 1. The number of hydrogen-bond donors (Lipinski definition) is 0. The van der Waals surface area contributed by atoms with Crippen LogP contribution in [0.4, 0.5) is 5.69 Å². The molecule has 0 spiro atoms. The molecule has 0 N–H and O–H groups in total. The predicted molar refractivity (Wildman–Crippen MR) is 113 cm³/mol. The van der Waals surface area contributed by atoms with Crippen LogP contribution in [0.2, 0.25) is 0 Å². The summed E-state index contributed by atoms with van der Waals surface area (Å²) in [5, 5.41) is 0. The van der Waals surface area contributed by atoms with Gasteiger partial charge in [-0.15, -0.1) is 0 Å². The molecule has 0 bridgehead atoms. The SMILES string of the molecule is CCOC(=O)CN(c1ccc(OC(C)C)cc1)S(=O)(=O)c1ccc(OC)c(OC)c1. The predicted octanol–water partition coefficient (Wildman–Crippen LogP) is 3.25. The Morgan fingerprint density at radius 1 is 1.00 bits per heavy atom. The number of anilines is 1. The van der Waals surface area contributed by atoms with E-state index in [4.69, 9.17) is 18.9 Å². The number of esters is 1. The maximum atomic E-state index is 13.4. The van der Waals surface area contributed by atoms with Gasteiger partial charge >= 0.3 is 5.97 Å². The molecule has 0 aromatic heterocycles. The highest BCUT2D eigenvalue weighted by Gasteiger charge is 2.29. The van der Waals surface area contributed by atoms with E-state index < -0.39 is 22.5 Å². The molecule has 8 nitrogen and oxygen atoms in total. The van der Waals surface area contributed by atoms with Crippen LogP contribution in [0.25, 0.3) is 0 Å². The fraction of sp³-hybridized carbons (Fsp3) is 0.381. The van der Waals surface area contributed by atoms with Gasteiger partial charge in [0.05, 0.1) is 37.5 Å². The monoisotopic (exact) mass is 437 g/mol.